The molecule has 19 heavy (non-hydrogen) atoms. The second-order valence-corrected chi connectivity index (χ2v) is 4.76. The van der Waals surface area contributed by atoms with E-state index >= 15 is 0 Å². The summed E-state index contributed by atoms with van der Waals surface area (Å²) in [5, 5.41) is 0. The third-order valence-electron chi connectivity index (χ3n) is 3.22. The Morgan fingerprint density at radius 1 is 1.42 bits per heavy atom. The van der Waals surface area contributed by atoms with Crippen LogP contribution in [0.1, 0.15) is 24.0 Å². The zero-order chi connectivity index (χ0) is 14.3. The van der Waals surface area contributed by atoms with Crippen molar-refractivity contribution in [1.29, 1.82) is 0 Å². The second kappa shape index (κ2) is 7.79. The minimum absolute atomic E-state index is 0.163. The number of nitrogens with zero attached hydrogens (tertiary/aromatic N) is 1. The molecule has 0 aliphatic rings. The lowest BCUT2D eigenvalue weighted by atomic mass is 10.1. The standard InChI is InChI=1S/C15H24N2O2/c1-12-11-13(6-7-14(12)19-3)8-10-17(2)15(18)5-4-9-16/h6-7,11H,4-5,8-10,16H2,1-3H3. The van der Waals surface area contributed by atoms with Crippen molar-refractivity contribution in [2.24, 2.45) is 5.73 Å². The van der Waals surface area contributed by atoms with Crippen molar-refractivity contribution in [2.75, 3.05) is 27.2 Å². The van der Waals surface area contributed by atoms with Crippen LogP contribution in [0, 0.1) is 6.92 Å². The molecule has 0 saturated heterocycles. The summed E-state index contributed by atoms with van der Waals surface area (Å²) in [4.78, 5) is 13.5. The van der Waals surface area contributed by atoms with Crippen LogP contribution in [0.15, 0.2) is 18.2 Å². The lowest BCUT2D eigenvalue weighted by Gasteiger charge is -2.17. The van der Waals surface area contributed by atoms with Crippen LogP contribution in [-0.4, -0.2) is 38.1 Å². The summed E-state index contributed by atoms with van der Waals surface area (Å²) in [6, 6.07) is 6.13. The number of methoxy groups -OCH3 is 1. The van der Waals surface area contributed by atoms with Gasteiger partial charge in [0.05, 0.1) is 7.11 Å². The molecule has 1 amide bonds. The minimum atomic E-state index is 0.163. The van der Waals surface area contributed by atoms with Gasteiger partial charge < -0.3 is 15.4 Å². The van der Waals surface area contributed by atoms with Gasteiger partial charge in [-0.1, -0.05) is 12.1 Å². The Hall–Kier alpha value is -1.55. The van der Waals surface area contributed by atoms with E-state index in [1.807, 2.05) is 26.1 Å². The van der Waals surface area contributed by atoms with Gasteiger partial charge in [0.15, 0.2) is 0 Å². The van der Waals surface area contributed by atoms with Crippen LogP contribution in [0.3, 0.4) is 0 Å². The minimum Gasteiger partial charge on any atom is -0.496 e. The van der Waals surface area contributed by atoms with Crippen molar-refractivity contribution in [1.82, 2.24) is 4.90 Å². The fourth-order valence-corrected chi connectivity index (χ4v) is 1.96. The maximum atomic E-state index is 11.7. The number of carbonyl (C=O) groups excluding carboxylic acids is 1. The molecule has 0 atom stereocenters. The first-order valence-corrected chi connectivity index (χ1v) is 6.66. The van der Waals surface area contributed by atoms with Crippen molar-refractivity contribution >= 4 is 5.91 Å². The number of hydrogen-bond donors (Lipinski definition) is 1. The summed E-state index contributed by atoms with van der Waals surface area (Å²) in [5.74, 6) is 1.06. The van der Waals surface area contributed by atoms with E-state index in [-0.39, 0.29) is 5.91 Å². The number of hydrogen-bond acceptors (Lipinski definition) is 3. The van der Waals surface area contributed by atoms with Crippen LogP contribution in [0.4, 0.5) is 0 Å². The molecule has 1 rings (SSSR count). The lowest BCUT2D eigenvalue weighted by Crippen LogP contribution is -2.29. The first-order valence-electron chi connectivity index (χ1n) is 6.66. The van der Waals surface area contributed by atoms with Gasteiger partial charge in [0.1, 0.15) is 5.75 Å². The van der Waals surface area contributed by atoms with Crippen molar-refractivity contribution in [2.45, 2.75) is 26.2 Å². The molecule has 0 aliphatic carbocycles. The van der Waals surface area contributed by atoms with Crippen LogP contribution in [0.2, 0.25) is 0 Å². The van der Waals surface area contributed by atoms with E-state index in [1.165, 1.54) is 5.56 Å². The molecule has 0 bridgehead atoms. The fourth-order valence-electron chi connectivity index (χ4n) is 1.96. The number of likely N-dealkylation sites (N-methyl/N-ethyl adjacent to an activating group) is 1. The van der Waals surface area contributed by atoms with Gasteiger partial charge in [-0.25, -0.2) is 0 Å². The smallest absolute Gasteiger partial charge is 0.222 e. The van der Waals surface area contributed by atoms with Crippen LogP contribution in [-0.2, 0) is 11.2 Å². The summed E-state index contributed by atoms with van der Waals surface area (Å²) in [7, 11) is 3.52. The largest absolute Gasteiger partial charge is 0.496 e. The molecule has 0 radical (unpaired) electrons. The monoisotopic (exact) mass is 264 g/mol. The predicted molar refractivity (Wildman–Crippen MR) is 77.4 cm³/mol. The first-order chi connectivity index (χ1) is 9.08. The van der Waals surface area contributed by atoms with Gasteiger partial charge in [0.2, 0.25) is 5.91 Å². The molecule has 2 N–H and O–H groups in total. The Bertz CT molecular complexity index is 419. The van der Waals surface area contributed by atoms with Crippen molar-refractivity contribution < 1.29 is 9.53 Å². The molecule has 0 unspecified atom stereocenters. The molecule has 0 aliphatic heterocycles. The molecule has 4 nitrogen and oxygen atoms in total. The molecule has 0 saturated carbocycles. The van der Waals surface area contributed by atoms with Crippen LogP contribution < -0.4 is 10.5 Å². The molecule has 1 aromatic rings. The van der Waals surface area contributed by atoms with E-state index in [9.17, 15) is 4.79 Å². The summed E-state index contributed by atoms with van der Waals surface area (Å²) in [6.07, 6.45) is 2.15. The topological polar surface area (TPSA) is 55.6 Å². The molecule has 106 valence electrons. The van der Waals surface area contributed by atoms with E-state index in [2.05, 4.69) is 6.07 Å². The van der Waals surface area contributed by atoms with Gasteiger partial charge >= 0.3 is 0 Å². The van der Waals surface area contributed by atoms with E-state index in [0.717, 1.165) is 30.7 Å². The summed E-state index contributed by atoms with van der Waals surface area (Å²) in [6.45, 7) is 3.32. The Kier molecular flexibility index (Phi) is 6.36. The molecule has 1 aromatic carbocycles. The summed E-state index contributed by atoms with van der Waals surface area (Å²) >= 11 is 0. The highest BCUT2D eigenvalue weighted by molar-refractivity contribution is 5.75. The van der Waals surface area contributed by atoms with Crippen LogP contribution >= 0.6 is 0 Å². The Labute approximate surface area is 115 Å². The average Bonchev–Trinajstić information content (AvgIpc) is 2.42. The third-order valence-corrected chi connectivity index (χ3v) is 3.22. The number of nitrogens with two attached hydrogens (primary N) is 1. The van der Waals surface area contributed by atoms with Gasteiger partial charge in [-0.15, -0.1) is 0 Å². The number of aryl methyl sites for hydroxylation is 1. The highest BCUT2D eigenvalue weighted by atomic mass is 16.5. The molecule has 4 heteroatoms. The van der Waals surface area contributed by atoms with Crippen molar-refractivity contribution in [3.05, 3.63) is 29.3 Å². The van der Waals surface area contributed by atoms with E-state index in [0.29, 0.717) is 13.0 Å². The molecule has 0 spiro atoms. The number of benzene rings is 1. The fraction of sp³-hybridized carbons (Fsp3) is 0.533. The second-order valence-electron chi connectivity index (χ2n) is 4.76. The quantitative estimate of drug-likeness (QED) is 0.816. The molecular formula is C15H24N2O2. The third kappa shape index (κ3) is 4.91. The van der Waals surface area contributed by atoms with E-state index < -0.39 is 0 Å². The van der Waals surface area contributed by atoms with Crippen LogP contribution in [0.25, 0.3) is 0 Å². The maximum absolute atomic E-state index is 11.7. The number of carbonyl (C=O) groups is 1. The van der Waals surface area contributed by atoms with Crippen LogP contribution in [0.5, 0.6) is 5.75 Å². The SMILES string of the molecule is COc1ccc(CCN(C)C(=O)CCCN)cc1C. The Morgan fingerprint density at radius 2 is 2.16 bits per heavy atom. The lowest BCUT2D eigenvalue weighted by molar-refractivity contribution is -0.129. The Balaban J connectivity index is 2.48. The van der Waals surface area contributed by atoms with Gasteiger partial charge in [-0.3, -0.25) is 4.79 Å². The normalized spacial score (nSPS) is 10.3. The average molecular weight is 264 g/mol. The highest BCUT2D eigenvalue weighted by Gasteiger charge is 2.08. The van der Waals surface area contributed by atoms with Crippen molar-refractivity contribution in [3.63, 3.8) is 0 Å². The summed E-state index contributed by atoms with van der Waals surface area (Å²) in [5.41, 5.74) is 7.74. The number of rotatable bonds is 7. The van der Waals surface area contributed by atoms with Gasteiger partial charge in [-0.05, 0) is 43.5 Å². The molecular weight excluding hydrogens is 240 g/mol. The summed E-state index contributed by atoms with van der Waals surface area (Å²) < 4.78 is 5.23. The van der Waals surface area contributed by atoms with Gasteiger partial charge in [0.25, 0.3) is 0 Å². The zero-order valence-corrected chi connectivity index (χ0v) is 12.1. The van der Waals surface area contributed by atoms with E-state index in [1.54, 1.807) is 12.0 Å². The Morgan fingerprint density at radius 3 is 2.74 bits per heavy atom. The van der Waals surface area contributed by atoms with Gasteiger partial charge in [-0.2, -0.15) is 0 Å². The zero-order valence-electron chi connectivity index (χ0n) is 12.1. The molecule has 0 heterocycles. The molecule has 0 fully saturated rings. The number of amides is 1. The first kappa shape index (κ1) is 15.5. The molecule has 0 aromatic heterocycles. The van der Waals surface area contributed by atoms with E-state index in [4.69, 9.17) is 10.5 Å². The van der Waals surface area contributed by atoms with Gasteiger partial charge in [0, 0.05) is 20.0 Å². The predicted octanol–water partition coefficient (Wildman–Crippen LogP) is 1.74. The highest BCUT2D eigenvalue weighted by Crippen LogP contribution is 2.18. The maximum Gasteiger partial charge on any atom is 0.222 e. The van der Waals surface area contributed by atoms with Crippen molar-refractivity contribution in [3.8, 4) is 5.75 Å². The number of ether oxygens (including phenoxy) is 1.